The molecular weight excluding hydrogens is 475 g/mol. The van der Waals surface area contributed by atoms with Crippen molar-refractivity contribution in [3.63, 3.8) is 0 Å². The smallest absolute Gasteiger partial charge is 0.425 e. The van der Waals surface area contributed by atoms with Gasteiger partial charge in [-0.3, -0.25) is 0 Å². The highest BCUT2D eigenvalue weighted by Crippen LogP contribution is 2.43. The Bertz CT molecular complexity index is 1140. The normalized spacial score (nSPS) is 22.3. The van der Waals surface area contributed by atoms with Crippen molar-refractivity contribution in [3.05, 3.63) is 53.1 Å². The molecule has 34 heavy (non-hydrogen) atoms. The lowest BCUT2D eigenvalue weighted by atomic mass is 9.83. The lowest BCUT2D eigenvalue weighted by Gasteiger charge is -2.37. The minimum absolute atomic E-state index is 0.0602. The summed E-state index contributed by atoms with van der Waals surface area (Å²) < 4.78 is 102. The van der Waals surface area contributed by atoms with Crippen LogP contribution in [0.2, 0.25) is 0 Å². The highest BCUT2D eigenvalue weighted by molar-refractivity contribution is 5.99. The van der Waals surface area contributed by atoms with Crippen LogP contribution >= 0.6 is 0 Å². The average molecular weight is 491 g/mol. The van der Waals surface area contributed by atoms with Crippen LogP contribution in [0.25, 0.3) is 0 Å². The summed E-state index contributed by atoms with van der Waals surface area (Å²) in [5, 5.41) is 2.88. The van der Waals surface area contributed by atoms with Gasteiger partial charge in [0.15, 0.2) is 11.9 Å². The minimum atomic E-state index is -4.88. The summed E-state index contributed by atoms with van der Waals surface area (Å²) in [5.74, 6) is -0.993. The maximum atomic E-state index is 15.0. The van der Waals surface area contributed by atoms with Crippen molar-refractivity contribution in [2.45, 2.75) is 37.4 Å². The van der Waals surface area contributed by atoms with Crippen LogP contribution < -0.4 is 15.8 Å². The third kappa shape index (κ3) is 4.56. The zero-order valence-electron chi connectivity index (χ0n) is 17.0. The summed E-state index contributed by atoms with van der Waals surface area (Å²) in [7, 11) is 0. The van der Waals surface area contributed by atoms with Gasteiger partial charge in [-0.05, 0) is 29.8 Å². The Kier molecular flexibility index (Phi) is 6.00. The third-order valence-corrected chi connectivity index (χ3v) is 5.25. The molecule has 0 saturated heterocycles. The summed E-state index contributed by atoms with van der Waals surface area (Å²) in [6.45, 7) is -4.44. The van der Waals surface area contributed by atoms with E-state index in [2.05, 4.69) is 29.8 Å². The van der Waals surface area contributed by atoms with Crippen LogP contribution in [0.4, 0.5) is 36.4 Å². The number of halogens is 7. The zero-order valence-corrected chi connectivity index (χ0v) is 17.0. The topological polar surface area (TPSA) is 94.1 Å². The van der Waals surface area contributed by atoms with Crippen LogP contribution in [0.5, 0.6) is 5.75 Å². The number of nitrogens with two attached hydrogens (primary N) is 1. The standard InChI is InChI=1S/C20H16F7N5O2/c21-8-19(5-15(20(25,26)27)34-18(28)32-19)11-4-14-9(3-12(11)22)6-30-16(31-14)13-2-1-10(7-29-13)33-17(23)24/h1-4,7,15,17H,5-6,8H2,(H2,28,32)(H,30,31)/t15-,19?/m0/s1. The fourth-order valence-corrected chi connectivity index (χ4v) is 3.67. The second-order valence-corrected chi connectivity index (χ2v) is 7.50. The monoisotopic (exact) mass is 491 g/mol. The zero-order chi connectivity index (χ0) is 24.7. The first-order valence-corrected chi connectivity index (χ1v) is 9.72. The van der Waals surface area contributed by atoms with Crippen molar-refractivity contribution < 1.29 is 40.2 Å². The molecule has 2 aliphatic heterocycles. The van der Waals surface area contributed by atoms with Crippen LogP contribution in [0.3, 0.4) is 0 Å². The van der Waals surface area contributed by atoms with Gasteiger partial charge in [0.25, 0.3) is 6.02 Å². The largest absolute Gasteiger partial charge is 0.452 e. The molecule has 182 valence electrons. The van der Waals surface area contributed by atoms with E-state index < -0.39 is 54.9 Å². The number of nitrogens with zero attached hydrogens (tertiary/aromatic N) is 3. The number of amidine groups is 2. The first-order valence-electron chi connectivity index (χ1n) is 9.72. The second-order valence-electron chi connectivity index (χ2n) is 7.50. The van der Waals surface area contributed by atoms with Gasteiger partial charge in [-0.25, -0.2) is 23.7 Å². The van der Waals surface area contributed by atoms with Gasteiger partial charge in [0.1, 0.15) is 29.5 Å². The molecule has 0 radical (unpaired) electrons. The molecule has 1 aromatic heterocycles. The molecule has 0 aliphatic carbocycles. The first-order chi connectivity index (χ1) is 16.0. The predicted molar refractivity (Wildman–Crippen MR) is 105 cm³/mol. The number of pyridine rings is 1. The Morgan fingerprint density at radius 2 is 2.03 bits per heavy atom. The molecule has 0 saturated carbocycles. The molecule has 14 heteroatoms. The molecule has 1 aromatic carbocycles. The number of alkyl halides is 6. The number of rotatable bonds is 5. The maximum Gasteiger partial charge on any atom is 0.425 e. The Labute approximate surface area is 187 Å². The van der Waals surface area contributed by atoms with Gasteiger partial charge >= 0.3 is 12.8 Å². The quantitative estimate of drug-likeness (QED) is 0.621. The van der Waals surface area contributed by atoms with E-state index in [0.29, 0.717) is 5.56 Å². The molecule has 1 unspecified atom stereocenters. The number of benzene rings is 1. The van der Waals surface area contributed by atoms with Gasteiger partial charge in [0, 0.05) is 18.5 Å². The van der Waals surface area contributed by atoms with Crippen LogP contribution in [0.1, 0.15) is 23.2 Å². The van der Waals surface area contributed by atoms with Gasteiger partial charge in [0.2, 0.25) is 0 Å². The van der Waals surface area contributed by atoms with E-state index in [4.69, 9.17) is 5.73 Å². The van der Waals surface area contributed by atoms with Crippen molar-refractivity contribution in [1.29, 1.82) is 0 Å². The van der Waals surface area contributed by atoms with Crippen LogP contribution in [0.15, 0.2) is 40.4 Å². The number of hydrogen-bond acceptors (Lipinski definition) is 7. The van der Waals surface area contributed by atoms with Crippen molar-refractivity contribution in [3.8, 4) is 5.75 Å². The van der Waals surface area contributed by atoms with E-state index in [-0.39, 0.29) is 29.5 Å². The van der Waals surface area contributed by atoms with E-state index in [1.807, 2.05) is 0 Å². The number of ether oxygens (including phenoxy) is 2. The Morgan fingerprint density at radius 1 is 1.26 bits per heavy atom. The van der Waals surface area contributed by atoms with Crippen LogP contribution in [0, 0.1) is 5.82 Å². The molecule has 2 aromatic rings. The molecule has 0 bridgehead atoms. The summed E-state index contributed by atoms with van der Waals surface area (Å²) in [5.41, 5.74) is 3.34. The number of aromatic nitrogens is 1. The van der Waals surface area contributed by atoms with Gasteiger partial charge in [-0.15, -0.1) is 0 Å². The molecule has 2 aliphatic rings. The number of fused-ring (bicyclic) bond motifs is 1. The fourth-order valence-electron chi connectivity index (χ4n) is 3.67. The molecular formula is C20H16F7N5O2. The van der Waals surface area contributed by atoms with Crippen LogP contribution in [-0.4, -0.2) is 42.4 Å². The second kappa shape index (κ2) is 8.65. The number of hydrogen-bond donors (Lipinski definition) is 2. The Hall–Kier alpha value is -3.58. The minimum Gasteiger partial charge on any atom is -0.452 e. The molecule has 3 N–H and O–H groups in total. The average Bonchev–Trinajstić information content (AvgIpc) is 2.77. The van der Waals surface area contributed by atoms with Gasteiger partial charge in [-0.1, -0.05) is 0 Å². The SMILES string of the molecule is NC1=NC(CF)(c2cc3c(cc2F)CNC(c2ccc(OC(F)F)cn2)=N3)C[C@@H](C(F)(F)F)O1. The van der Waals surface area contributed by atoms with Crippen molar-refractivity contribution in [2.24, 2.45) is 15.7 Å². The molecule has 2 atom stereocenters. The lowest BCUT2D eigenvalue weighted by molar-refractivity contribution is -0.209. The Balaban J connectivity index is 1.72. The van der Waals surface area contributed by atoms with Crippen molar-refractivity contribution >= 4 is 17.5 Å². The van der Waals surface area contributed by atoms with Crippen molar-refractivity contribution in [2.75, 3.05) is 6.67 Å². The maximum absolute atomic E-state index is 15.0. The Morgan fingerprint density at radius 3 is 2.65 bits per heavy atom. The fraction of sp³-hybridized carbons (Fsp3) is 0.350. The highest BCUT2D eigenvalue weighted by Gasteiger charge is 2.52. The predicted octanol–water partition coefficient (Wildman–Crippen LogP) is 3.83. The van der Waals surface area contributed by atoms with Gasteiger partial charge in [0.05, 0.1) is 11.9 Å². The molecule has 0 amide bonds. The van der Waals surface area contributed by atoms with Crippen LogP contribution in [-0.2, 0) is 16.8 Å². The summed E-state index contributed by atoms with van der Waals surface area (Å²) in [6.07, 6.45) is -7.33. The highest BCUT2D eigenvalue weighted by atomic mass is 19.4. The van der Waals surface area contributed by atoms with Gasteiger partial charge < -0.3 is 20.5 Å². The van der Waals surface area contributed by atoms with E-state index in [1.54, 1.807) is 0 Å². The molecule has 0 spiro atoms. The first kappa shape index (κ1) is 23.6. The van der Waals surface area contributed by atoms with E-state index in [9.17, 15) is 30.7 Å². The van der Waals surface area contributed by atoms with E-state index in [0.717, 1.165) is 18.3 Å². The third-order valence-electron chi connectivity index (χ3n) is 5.25. The molecule has 4 rings (SSSR count). The summed E-state index contributed by atoms with van der Waals surface area (Å²) >= 11 is 0. The molecule has 3 heterocycles. The number of nitrogens with one attached hydrogen (secondary N) is 1. The molecule has 0 fully saturated rings. The lowest BCUT2D eigenvalue weighted by Crippen LogP contribution is -2.48. The van der Waals surface area contributed by atoms with Gasteiger partial charge in [-0.2, -0.15) is 22.0 Å². The molecule has 7 nitrogen and oxygen atoms in total. The summed E-state index contributed by atoms with van der Waals surface area (Å²) in [6, 6.07) is 3.80. The number of aliphatic imine (C=N–C) groups is 2. The van der Waals surface area contributed by atoms with Crippen molar-refractivity contribution in [1.82, 2.24) is 10.3 Å². The summed E-state index contributed by atoms with van der Waals surface area (Å²) in [4.78, 5) is 11.9. The van der Waals surface area contributed by atoms with E-state index >= 15 is 0 Å². The van der Waals surface area contributed by atoms with E-state index in [1.165, 1.54) is 12.1 Å².